The minimum Gasteiger partial charge on any atom is -0.497 e. The first kappa shape index (κ1) is 19.0. The summed E-state index contributed by atoms with van der Waals surface area (Å²) in [6.45, 7) is -0.388. The molecule has 1 fully saturated rings. The maximum Gasteiger partial charge on any atom is 0.267 e. The zero-order chi connectivity index (χ0) is 19.6. The van der Waals surface area contributed by atoms with Crippen molar-refractivity contribution in [3.05, 3.63) is 46.5 Å². The van der Waals surface area contributed by atoms with E-state index in [1.807, 2.05) is 0 Å². The molecule has 0 saturated carbocycles. The highest BCUT2D eigenvalue weighted by Crippen LogP contribution is 2.24. The zero-order valence-electron chi connectivity index (χ0n) is 14.5. The average molecular weight is 395 g/mol. The maximum absolute atomic E-state index is 14.2. The Morgan fingerprint density at radius 2 is 2.15 bits per heavy atom. The van der Waals surface area contributed by atoms with Crippen LogP contribution in [0.2, 0.25) is 0 Å². The highest BCUT2D eigenvalue weighted by Gasteiger charge is 2.29. The van der Waals surface area contributed by atoms with E-state index < -0.39 is 33.2 Å². The van der Waals surface area contributed by atoms with Crippen molar-refractivity contribution < 1.29 is 22.3 Å². The van der Waals surface area contributed by atoms with Gasteiger partial charge in [-0.05, 0) is 24.6 Å². The first-order valence-electron chi connectivity index (χ1n) is 8.19. The lowest BCUT2D eigenvalue weighted by molar-refractivity contribution is -0.122. The molecule has 1 aliphatic heterocycles. The lowest BCUT2D eigenvalue weighted by atomic mass is 10.1. The SMILES string of the molecule is COc1ccc(-c2ccc(=O)n(CC(=O)N[C@H]3CCS(=O)(=O)C3)n2)c(F)c1. The summed E-state index contributed by atoms with van der Waals surface area (Å²) in [6.07, 6.45) is 0.341. The molecule has 2 heterocycles. The number of benzene rings is 1. The number of nitrogens with zero attached hydrogens (tertiary/aromatic N) is 2. The molecule has 0 aliphatic carbocycles. The van der Waals surface area contributed by atoms with E-state index in [0.29, 0.717) is 12.2 Å². The molecule has 0 radical (unpaired) electrons. The molecule has 0 bridgehead atoms. The normalized spacial score (nSPS) is 18.2. The van der Waals surface area contributed by atoms with E-state index >= 15 is 0 Å². The molecule has 1 N–H and O–H groups in total. The van der Waals surface area contributed by atoms with Gasteiger partial charge in [-0.25, -0.2) is 17.5 Å². The summed E-state index contributed by atoms with van der Waals surface area (Å²) in [7, 11) is -1.71. The van der Waals surface area contributed by atoms with Gasteiger partial charge in [0.15, 0.2) is 9.84 Å². The molecule has 27 heavy (non-hydrogen) atoms. The number of rotatable bonds is 5. The van der Waals surface area contributed by atoms with Crippen LogP contribution in [-0.2, 0) is 21.2 Å². The van der Waals surface area contributed by atoms with Gasteiger partial charge < -0.3 is 10.1 Å². The van der Waals surface area contributed by atoms with Crippen LogP contribution in [0.4, 0.5) is 4.39 Å². The molecule has 2 aromatic rings. The summed E-state index contributed by atoms with van der Waals surface area (Å²) in [6, 6.07) is 6.31. The summed E-state index contributed by atoms with van der Waals surface area (Å²) < 4.78 is 43.0. The Bertz CT molecular complexity index is 1040. The summed E-state index contributed by atoms with van der Waals surface area (Å²) in [5, 5.41) is 6.63. The Balaban J connectivity index is 1.78. The lowest BCUT2D eigenvalue weighted by Gasteiger charge is -2.12. The molecule has 1 amide bonds. The predicted molar refractivity (Wildman–Crippen MR) is 95.6 cm³/mol. The van der Waals surface area contributed by atoms with Gasteiger partial charge in [-0.15, -0.1) is 0 Å². The molecule has 10 heteroatoms. The van der Waals surface area contributed by atoms with Gasteiger partial charge in [0.05, 0.1) is 24.3 Å². The summed E-state index contributed by atoms with van der Waals surface area (Å²) >= 11 is 0. The van der Waals surface area contributed by atoms with Crippen LogP contribution in [0, 0.1) is 5.82 Å². The number of methoxy groups -OCH3 is 1. The molecular weight excluding hydrogens is 377 g/mol. The number of nitrogens with one attached hydrogen (secondary N) is 1. The third-order valence-electron chi connectivity index (χ3n) is 4.21. The Hall–Kier alpha value is -2.75. The Morgan fingerprint density at radius 1 is 1.37 bits per heavy atom. The van der Waals surface area contributed by atoms with Gasteiger partial charge >= 0.3 is 0 Å². The molecule has 1 aromatic heterocycles. The van der Waals surface area contributed by atoms with Crippen molar-refractivity contribution in [1.29, 1.82) is 0 Å². The first-order chi connectivity index (χ1) is 12.8. The maximum atomic E-state index is 14.2. The number of carbonyl (C=O) groups is 1. The number of halogens is 1. The molecule has 3 rings (SSSR count). The first-order valence-corrected chi connectivity index (χ1v) is 10.0. The number of amides is 1. The van der Waals surface area contributed by atoms with Gasteiger partial charge in [0.2, 0.25) is 5.91 Å². The smallest absolute Gasteiger partial charge is 0.267 e. The Kier molecular flexibility index (Phi) is 5.26. The second kappa shape index (κ2) is 7.47. The standard InChI is InChI=1S/C17H18FN3O5S/c1-26-12-2-3-13(14(18)8-12)15-4-5-17(23)21(20-15)9-16(22)19-11-6-7-27(24,25)10-11/h2-5,8,11H,6-7,9-10H2,1H3,(H,19,22)/t11-/m0/s1. The third-order valence-corrected chi connectivity index (χ3v) is 5.98. The van der Waals surface area contributed by atoms with E-state index in [1.54, 1.807) is 6.07 Å². The number of sulfone groups is 1. The van der Waals surface area contributed by atoms with Gasteiger partial charge in [0.1, 0.15) is 18.1 Å². The van der Waals surface area contributed by atoms with Crippen LogP contribution in [0.15, 0.2) is 35.1 Å². The molecular formula is C17H18FN3O5S. The monoisotopic (exact) mass is 395 g/mol. The molecule has 1 saturated heterocycles. The highest BCUT2D eigenvalue weighted by molar-refractivity contribution is 7.91. The minimum atomic E-state index is -3.13. The zero-order valence-corrected chi connectivity index (χ0v) is 15.3. The van der Waals surface area contributed by atoms with Crippen LogP contribution < -0.4 is 15.6 Å². The van der Waals surface area contributed by atoms with Crippen LogP contribution in [-0.4, -0.2) is 48.8 Å². The Morgan fingerprint density at radius 3 is 2.78 bits per heavy atom. The van der Waals surface area contributed by atoms with E-state index in [9.17, 15) is 22.4 Å². The fourth-order valence-electron chi connectivity index (χ4n) is 2.85. The van der Waals surface area contributed by atoms with Gasteiger partial charge in [-0.2, -0.15) is 5.10 Å². The molecule has 0 unspecified atom stereocenters. The Labute approximate surface area is 154 Å². The van der Waals surface area contributed by atoms with E-state index in [2.05, 4.69) is 10.4 Å². The predicted octanol–water partition coefficient (Wildman–Crippen LogP) is 0.361. The van der Waals surface area contributed by atoms with Gasteiger partial charge in [-0.1, -0.05) is 0 Å². The fourth-order valence-corrected chi connectivity index (χ4v) is 4.53. The molecule has 144 valence electrons. The minimum absolute atomic E-state index is 0.0301. The van der Waals surface area contributed by atoms with Gasteiger partial charge in [-0.3, -0.25) is 9.59 Å². The number of aromatic nitrogens is 2. The van der Waals surface area contributed by atoms with Crippen molar-refractivity contribution >= 4 is 15.7 Å². The van der Waals surface area contributed by atoms with Crippen molar-refractivity contribution in [2.45, 2.75) is 19.0 Å². The third kappa shape index (κ3) is 4.51. The average Bonchev–Trinajstić information content (AvgIpc) is 2.95. The van der Waals surface area contributed by atoms with Gasteiger partial charge in [0.25, 0.3) is 5.56 Å². The quantitative estimate of drug-likeness (QED) is 0.783. The summed E-state index contributed by atoms with van der Waals surface area (Å²) in [4.78, 5) is 24.1. The van der Waals surface area contributed by atoms with Crippen LogP contribution in [0.25, 0.3) is 11.3 Å². The second-order valence-electron chi connectivity index (χ2n) is 6.23. The second-order valence-corrected chi connectivity index (χ2v) is 8.46. The highest BCUT2D eigenvalue weighted by atomic mass is 32.2. The van der Waals surface area contributed by atoms with Crippen molar-refractivity contribution in [1.82, 2.24) is 15.1 Å². The van der Waals surface area contributed by atoms with Crippen LogP contribution in [0.3, 0.4) is 0 Å². The van der Waals surface area contributed by atoms with Crippen LogP contribution in [0.5, 0.6) is 5.75 Å². The molecule has 1 atom stereocenters. The van der Waals surface area contributed by atoms with Crippen LogP contribution >= 0.6 is 0 Å². The number of hydrogen-bond acceptors (Lipinski definition) is 6. The van der Waals surface area contributed by atoms with E-state index in [0.717, 1.165) is 4.68 Å². The lowest BCUT2D eigenvalue weighted by Crippen LogP contribution is -2.40. The van der Waals surface area contributed by atoms with Gasteiger partial charge in [0, 0.05) is 23.7 Å². The fraction of sp³-hybridized carbons (Fsp3) is 0.353. The largest absolute Gasteiger partial charge is 0.497 e. The molecule has 0 spiro atoms. The number of carbonyl (C=O) groups excluding carboxylic acids is 1. The van der Waals surface area contributed by atoms with Crippen molar-refractivity contribution in [2.75, 3.05) is 18.6 Å². The van der Waals surface area contributed by atoms with Crippen molar-refractivity contribution in [2.24, 2.45) is 0 Å². The summed E-state index contributed by atoms with van der Waals surface area (Å²) in [5.41, 5.74) is -0.181. The van der Waals surface area contributed by atoms with E-state index in [1.165, 1.54) is 31.4 Å². The summed E-state index contributed by atoms with van der Waals surface area (Å²) in [5.74, 6) is -0.845. The topological polar surface area (TPSA) is 107 Å². The number of hydrogen-bond donors (Lipinski definition) is 1. The van der Waals surface area contributed by atoms with E-state index in [4.69, 9.17) is 4.74 Å². The van der Waals surface area contributed by atoms with Crippen LogP contribution in [0.1, 0.15) is 6.42 Å². The van der Waals surface area contributed by atoms with E-state index in [-0.39, 0.29) is 29.3 Å². The molecule has 1 aromatic carbocycles. The van der Waals surface area contributed by atoms with Crippen molar-refractivity contribution in [3.8, 4) is 17.0 Å². The number of ether oxygens (including phenoxy) is 1. The molecule has 8 nitrogen and oxygen atoms in total. The van der Waals surface area contributed by atoms with Crippen molar-refractivity contribution in [3.63, 3.8) is 0 Å². The molecule has 1 aliphatic rings.